The summed E-state index contributed by atoms with van der Waals surface area (Å²) in [6.07, 6.45) is 40.1. The second-order valence-electron chi connectivity index (χ2n) is 18.5. The number of rotatable bonds is 11. The van der Waals surface area contributed by atoms with Crippen LogP contribution in [0.15, 0.2) is 206 Å². The third kappa shape index (κ3) is 12.1. The number of hydrogen-bond donors (Lipinski definition) is 4. The molecule has 4 aromatic rings. The number of imidazole rings is 1. The molecular weight excluding hydrogens is 1140 g/mol. The average molecular weight is 1200 g/mol. The zero-order valence-corrected chi connectivity index (χ0v) is 44.6. The van der Waals surface area contributed by atoms with Crippen LogP contribution in [0.5, 0.6) is 11.5 Å². The molecule has 4 N–H and O–H groups in total. The van der Waals surface area contributed by atoms with Crippen LogP contribution in [0.3, 0.4) is 0 Å². The molecule has 12 rings (SSSR count). The summed E-state index contributed by atoms with van der Waals surface area (Å²) in [5.74, 6) is 1.56. The number of nitrogens with one attached hydrogen (secondary N) is 3. The van der Waals surface area contributed by atoms with Gasteiger partial charge < -0.3 is 56.4 Å². The van der Waals surface area contributed by atoms with E-state index in [0.29, 0.717) is 61.4 Å². The molecule has 0 radical (unpaired) electrons. The van der Waals surface area contributed by atoms with Crippen molar-refractivity contribution in [3.8, 4) is 22.6 Å². The van der Waals surface area contributed by atoms with Gasteiger partial charge in [0.05, 0.1) is 12.9 Å². The number of benzene rings is 3. The summed E-state index contributed by atoms with van der Waals surface area (Å²) in [4.78, 5) is 34.9. The summed E-state index contributed by atoms with van der Waals surface area (Å²) >= 11 is 1.33. The van der Waals surface area contributed by atoms with E-state index in [1.165, 1.54) is 28.7 Å². The van der Waals surface area contributed by atoms with Gasteiger partial charge in [0, 0.05) is 65.5 Å². The Kier molecular flexibility index (Phi) is 17.6. The van der Waals surface area contributed by atoms with Crippen LogP contribution in [0.1, 0.15) is 50.4 Å². The van der Waals surface area contributed by atoms with Crippen molar-refractivity contribution in [1.82, 2.24) is 25.5 Å². The van der Waals surface area contributed by atoms with Gasteiger partial charge in [0.2, 0.25) is 0 Å². The molecule has 14 nitrogen and oxygen atoms in total. The number of nitrogens with zero attached hydrogens (tertiary/aromatic N) is 6. The first-order valence-corrected chi connectivity index (χ1v) is 28.1. The van der Waals surface area contributed by atoms with Gasteiger partial charge in [-0.3, -0.25) is 9.59 Å². The molecule has 1 aromatic heterocycles. The Balaban J connectivity index is 0.000000214. The topological polar surface area (TPSA) is 185 Å². The molecule has 16 heteroatoms. The van der Waals surface area contributed by atoms with Crippen LogP contribution in [0.2, 0.25) is 0 Å². The van der Waals surface area contributed by atoms with Crippen molar-refractivity contribution >= 4 is 21.5 Å². The molecule has 0 unspecified atom stereocenters. The van der Waals surface area contributed by atoms with Crippen LogP contribution in [-0.4, -0.2) is 83.3 Å². The zero-order valence-electron chi connectivity index (χ0n) is 41.3. The Labute approximate surface area is 452 Å². The number of piperidine rings is 1. The van der Waals surface area contributed by atoms with Crippen molar-refractivity contribution in [2.45, 2.75) is 49.3 Å². The van der Waals surface area contributed by atoms with Crippen LogP contribution in [-0.2, 0) is 35.9 Å². The molecule has 0 saturated carbocycles. The van der Waals surface area contributed by atoms with Gasteiger partial charge >= 0.3 is 27.2 Å². The first kappa shape index (κ1) is 52.5. The first-order chi connectivity index (χ1) is 36.9. The van der Waals surface area contributed by atoms with E-state index in [0.717, 1.165) is 64.7 Å². The molecule has 2 aliphatic carbocycles. The summed E-state index contributed by atoms with van der Waals surface area (Å²) < 4.78 is 12.8. The van der Waals surface area contributed by atoms with E-state index in [4.69, 9.17) is 9.47 Å². The van der Waals surface area contributed by atoms with E-state index in [1.54, 1.807) is 49.5 Å². The van der Waals surface area contributed by atoms with E-state index in [2.05, 4.69) is 75.6 Å². The number of carbonyl (C=O) groups is 2. The fourth-order valence-corrected chi connectivity index (χ4v) is 10.4. The third-order valence-electron chi connectivity index (χ3n) is 14.0. The molecule has 1 fully saturated rings. The Bertz CT molecular complexity index is 2900. The Morgan fingerprint density at radius 1 is 0.773 bits per heavy atom. The standard InChI is InChI=1S/C39H41N5O5.2C10H8N2.ClH.Os/c1-44-19-16-39-30-12-13-32(45)36(39)49-35-33(14-11-28(34(35)39)21-31(30)44)48-20-2-17-41-37(46)26-7-3-24(4-8-26)25-5-9-27(10-6-25)38(47)42-18-15-29-22-40-23-43-29;2*1-3-7-11-9(5-1)10-6-2-4-8-12-10;;/h3-14,22-23,30-32,36,45H,2,15-21H2,1H3,(H,40,43)(H,41,46)(H,42,47);2*1-8H;1H;/q;2*-2;;+1/p-1/t30-,31+,32-,36-,39-;;;;/m0..../s1. The molecule has 5 atom stereocenters. The van der Waals surface area contributed by atoms with Gasteiger partial charge in [-0.05, 0) is 79.9 Å². The number of aliphatic hydroxyl groups is 1. The Hall–Kier alpha value is -7.40. The van der Waals surface area contributed by atoms with Crippen molar-refractivity contribution in [3.05, 3.63) is 255 Å². The molecule has 75 heavy (non-hydrogen) atoms. The summed E-state index contributed by atoms with van der Waals surface area (Å²) in [7, 11) is 6.87. The average Bonchev–Trinajstić information content (AvgIpc) is 4.15. The van der Waals surface area contributed by atoms with E-state index >= 15 is 0 Å². The molecule has 7 heterocycles. The van der Waals surface area contributed by atoms with Crippen LogP contribution in [0.25, 0.3) is 32.4 Å². The first-order valence-electron chi connectivity index (χ1n) is 24.9. The molecule has 1 spiro atoms. The fourth-order valence-electron chi connectivity index (χ4n) is 10.4. The molecular formula is C59H57ClN9O5Os-4. The number of likely N-dealkylation sites (tertiary alicyclic amines) is 1. The monoisotopic (exact) mass is 1200 g/mol. The number of aromatic amines is 1. The van der Waals surface area contributed by atoms with Crippen molar-refractivity contribution in [1.29, 1.82) is 0 Å². The number of amides is 2. The predicted molar refractivity (Wildman–Crippen MR) is 291 cm³/mol. The Morgan fingerprint density at radius 2 is 1.32 bits per heavy atom. The minimum atomic E-state index is -0.640. The van der Waals surface area contributed by atoms with Crippen molar-refractivity contribution in [3.63, 3.8) is 0 Å². The van der Waals surface area contributed by atoms with Gasteiger partial charge in [-0.25, -0.2) is 4.98 Å². The van der Waals surface area contributed by atoms with Crippen molar-refractivity contribution in [2.24, 2.45) is 5.92 Å². The van der Waals surface area contributed by atoms with Gasteiger partial charge in [0.25, 0.3) is 11.8 Å². The van der Waals surface area contributed by atoms with Gasteiger partial charge in [0.15, 0.2) is 11.5 Å². The number of hydrogen-bond acceptors (Lipinski definition) is 7. The number of halogens is 1. The van der Waals surface area contributed by atoms with Gasteiger partial charge in [-0.15, -0.1) is 0 Å². The van der Waals surface area contributed by atoms with Gasteiger partial charge in [-0.2, -0.15) is 47.6 Å². The number of aromatic nitrogens is 2. The van der Waals surface area contributed by atoms with E-state index < -0.39 is 6.10 Å². The Morgan fingerprint density at radius 3 is 1.83 bits per heavy atom. The molecule has 1 saturated heterocycles. The second kappa shape index (κ2) is 25.2. The molecule has 3 aromatic carbocycles. The van der Waals surface area contributed by atoms with Crippen LogP contribution in [0.4, 0.5) is 0 Å². The van der Waals surface area contributed by atoms with E-state index in [-0.39, 0.29) is 23.3 Å². The molecule has 8 aliphatic rings. The maximum absolute atomic E-state index is 12.9. The number of aliphatic hydroxyl groups excluding tert-OH is 1. The number of carbonyl (C=O) groups excluding carboxylic acids is 2. The summed E-state index contributed by atoms with van der Waals surface area (Å²) in [6, 6.07) is 19.5. The van der Waals surface area contributed by atoms with E-state index in [9.17, 15) is 14.7 Å². The normalized spacial score (nSPS) is 24.2. The fraction of sp³-hybridized carbons (Fsp3) is 0.237. The maximum atomic E-state index is 12.9. The number of H-pyrrole nitrogens is 1. The predicted octanol–water partition coefficient (Wildman–Crippen LogP) is 11.0. The molecule has 2 amide bonds. The molecule has 6 aliphatic heterocycles. The summed E-state index contributed by atoms with van der Waals surface area (Å²) in [6.45, 7) is 2.40. The third-order valence-corrected chi connectivity index (χ3v) is 14.0. The van der Waals surface area contributed by atoms with Crippen LogP contribution < -0.4 is 20.1 Å². The zero-order chi connectivity index (χ0) is 52.0. The van der Waals surface area contributed by atoms with Crippen LogP contribution >= 0.6 is 9.64 Å². The van der Waals surface area contributed by atoms with Gasteiger partial charge in [-0.1, -0.05) is 115 Å². The summed E-state index contributed by atoms with van der Waals surface area (Å²) in [5.41, 5.74) is 10.1. The number of ether oxygens (including phenoxy) is 2. The minimum absolute atomic E-state index is 0.123. The van der Waals surface area contributed by atoms with Crippen LogP contribution in [0, 0.1) is 5.92 Å². The SMILES string of the molecule is C1=C[N-]C(=C2C=CC=C[N-]2)C=C1.C1=C[N-]C(=C2C=CC=C[N-]2)C=C1.CN1CC[C@]23c4c5ccc(OCCCNC(=O)c6ccc(-c7ccc(C(=O)NCCc8cnc[nH]8)cc7)cc6)c4O[C@H]2[C@@H](O)C=C[C@H]3[C@H]1C5.[Cl][Os]. The van der Waals surface area contributed by atoms with Crippen molar-refractivity contribution in [2.75, 3.05) is 33.3 Å². The van der Waals surface area contributed by atoms with E-state index in [1.807, 2.05) is 121 Å². The number of likely N-dealkylation sites (N-methyl/N-ethyl adjacent to an activating group) is 1. The number of allylic oxidation sites excluding steroid dienone is 12. The van der Waals surface area contributed by atoms with Crippen molar-refractivity contribution < 1.29 is 41.8 Å². The van der Waals surface area contributed by atoms with Gasteiger partial charge in [0.1, 0.15) is 12.2 Å². The summed E-state index contributed by atoms with van der Waals surface area (Å²) in [5, 5.41) is 33.6. The molecule has 2 bridgehead atoms. The molecule has 387 valence electrons. The quantitative estimate of drug-likeness (QED) is 0.0850. The second-order valence-corrected chi connectivity index (χ2v) is 18.5.